The fourth-order valence-corrected chi connectivity index (χ4v) is 5.58. The molecular weight excluding hydrogens is 496 g/mol. The summed E-state index contributed by atoms with van der Waals surface area (Å²) in [5, 5.41) is 3.76. The number of nitrogens with zero attached hydrogens (tertiary/aromatic N) is 4. The predicted molar refractivity (Wildman–Crippen MR) is 133 cm³/mol. The van der Waals surface area contributed by atoms with E-state index in [-0.39, 0.29) is 42.6 Å². The lowest BCUT2D eigenvalue weighted by molar-refractivity contribution is 0.109. The van der Waals surface area contributed by atoms with Gasteiger partial charge in [0.05, 0.1) is 28.6 Å². The highest BCUT2D eigenvalue weighted by Crippen LogP contribution is 2.26. The topological polar surface area (TPSA) is 128 Å². The molecule has 1 aromatic heterocycles. The Morgan fingerprint density at radius 1 is 1.06 bits per heavy atom. The Balaban J connectivity index is 1.96. The van der Waals surface area contributed by atoms with Crippen LogP contribution < -0.4 is 15.2 Å². The van der Waals surface area contributed by atoms with Gasteiger partial charge in [0, 0.05) is 39.0 Å². The van der Waals surface area contributed by atoms with Crippen molar-refractivity contribution in [2.75, 3.05) is 57.2 Å². The van der Waals surface area contributed by atoms with Crippen molar-refractivity contribution in [2.24, 2.45) is 0 Å². The number of piperazine rings is 1. The smallest absolute Gasteiger partial charge is 0.316 e. The molecule has 194 valence electrons. The van der Waals surface area contributed by atoms with Crippen LogP contribution in [-0.2, 0) is 24.6 Å². The molecule has 13 heteroatoms. The Bertz CT molecular complexity index is 1300. The van der Waals surface area contributed by atoms with Gasteiger partial charge >= 0.3 is 5.56 Å². The molecule has 1 aliphatic rings. The second kappa shape index (κ2) is 11.1. The molecule has 1 fully saturated rings. The van der Waals surface area contributed by atoms with Gasteiger partial charge in [-0.1, -0.05) is 6.07 Å². The molecule has 0 aliphatic carbocycles. The molecule has 0 atom stereocenters. The van der Waals surface area contributed by atoms with Crippen molar-refractivity contribution >= 4 is 25.5 Å². The molecular formula is C22H32N4O7S2. The summed E-state index contributed by atoms with van der Waals surface area (Å²) >= 11 is 0. The molecule has 1 aliphatic heterocycles. The summed E-state index contributed by atoms with van der Waals surface area (Å²) in [6.45, 7) is 7.34. The van der Waals surface area contributed by atoms with Gasteiger partial charge in [0.1, 0.15) is 12.3 Å². The predicted octanol–water partition coefficient (Wildman–Crippen LogP) is 0.912. The lowest BCUT2D eigenvalue weighted by atomic mass is 10.3. The Morgan fingerprint density at radius 2 is 1.74 bits per heavy atom. The zero-order valence-electron chi connectivity index (χ0n) is 20.4. The third kappa shape index (κ3) is 6.21. The van der Waals surface area contributed by atoms with Crippen LogP contribution >= 0.6 is 0 Å². The fourth-order valence-electron chi connectivity index (χ4n) is 3.65. The van der Waals surface area contributed by atoms with Crippen molar-refractivity contribution in [2.45, 2.75) is 30.9 Å². The van der Waals surface area contributed by atoms with Gasteiger partial charge in [-0.3, -0.25) is 4.79 Å². The molecule has 3 rings (SSSR count). The zero-order valence-corrected chi connectivity index (χ0v) is 22.0. The van der Waals surface area contributed by atoms with Crippen LogP contribution in [0.4, 0.5) is 5.69 Å². The molecule has 1 saturated heterocycles. The van der Waals surface area contributed by atoms with E-state index in [4.69, 9.17) is 9.47 Å². The monoisotopic (exact) mass is 528 g/mol. The summed E-state index contributed by atoms with van der Waals surface area (Å²) in [4.78, 5) is 15.4. The van der Waals surface area contributed by atoms with Gasteiger partial charge in [-0.2, -0.15) is 14.1 Å². The van der Waals surface area contributed by atoms with E-state index >= 15 is 0 Å². The minimum Gasteiger partial charge on any atom is -0.484 e. The second-order valence-corrected chi connectivity index (χ2v) is 12.9. The highest BCUT2D eigenvalue weighted by Gasteiger charge is 2.31. The first-order valence-electron chi connectivity index (χ1n) is 11.3. The number of hydrogen-bond acceptors (Lipinski definition) is 9. The summed E-state index contributed by atoms with van der Waals surface area (Å²) < 4.78 is 62.7. The van der Waals surface area contributed by atoms with Gasteiger partial charge in [0.25, 0.3) is 0 Å². The van der Waals surface area contributed by atoms with Gasteiger partial charge in [-0.05, 0) is 39.0 Å². The average Bonchev–Trinajstić information content (AvgIpc) is 2.82. The minimum absolute atomic E-state index is 0.0460. The van der Waals surface area contributed by atoms with Crippen molar-refractivity contribution in [1.29, 1.82) is 0 Å². The van der Waals surface area contributed by atoms with Crippen LogP contribution in [-0.4, -0.2) is 88.4 Å². The number of rotatable bonds is 10. The van der Waals surface area contributed by atoms with E-state index in [0.717, 1.165) is 10.9 Å². The molecule has 2 heterocycles. The van der Waals surface area contributed by atoms with Crippen LogP contribution in [0.25, 0.3) is 5.69 Å². The van der Waals surface area contributed by atoms with Crippen molar-refractivity contribution in [1.82, 2.24) is 14.1 Å². The average molecular weight is 529 g/mol. The van der Waals surface area contributed by atoms with Gasteiger partial charge in [0.2, 0.25) is 15.8 Å². The molecule has 35 heavy (non-hydrogen) atoms. The van der Waals surface area contributed by atoms with Gasteiger partial charge in [-0.25, -0.2) is 16.8 Å². The number of ether oxygens (including phenoxy) is 2. The van der Waals surface area contributed by atoms with Crippen LogP contribution in [0.2, 0.25) is 0 Å². The highest BCUT2D eigenvalue weighted by molar-refractivity contribution is 7.90. The first kappa shape index (κ1) is 27.1. The Morgan fingerprint density at radius 3 is 2.34 bits per heavy atom. The number of anilines is 1. The molecule has 2 aromatic rings. The standard InChI is InChI=1S/C22H32N4O7S2/c1-5-32-13-14-33-21-20(24-9-11-25(12-10-24)35(30,31)17(2)3)16-23-26(22(21)27)18-7-6-8-19(15-18)34(4,28)29/h6-8,15-17H,5,9-14H2,1-4H3. The van der Waals surface area contributed by atoms with E-state index in [1.54, 1.807) is 19.9 Å². The third-order valence-electron chi connectivity index (χ3n) is 5.62. The molecule has 0 amide bonds. The maximum Gasteiger partial charge on any atom is 0.316 e. The Labute approximate surface area is 206 Å². The fraction of sp³-hybridized carbons (Fsp3) is 0.545. The van der Waals surface area contributed by atoms with Crippen molar-refractivity contribution in [3.63, 3.8) is 0 Å². The van der Waals surface area contributed by atoms with Crippen molar-refractivity contribution < 1.29 is 26.3 Å². The van der Waals surface area contributed by atoms with Gasteiger partial charge in [0.15, 0.2) is 9.84 Å². The highest BCUT2D eigenvalue weighted by atomic mass is 32.2. The molecule has 0 unspecified atom stereocenters. The number of sulfone groups is 1. The maximum atomic E-state index is 13.4. The first-order chi connectivity index (χ1) is 16.5. The summed E-state index contributed by atoms with van der Waals surface area (Å²) in [5.74, 6) is 0.0460. The van der Waals surface area contributed by atoms with E-state index < -0.39 is 30.7 Å². The van der Waals surface area contributed by atoms with Gasteiger partial charge in [-0.15, -0.1) is 0 Å². The molecule has 0 N–H and O–H groups in total. The first-order valence-corrected chi connectivity index (χ1v) is 14.7. The Kier molecular flexibility index (Phi) is 8.57. The summed E-state index contributed by atoms with van der Waals surface area (Å²) in [5.41, 5.74) is 0.178. The van der Waals surface area contributed by atoms with Crippen molar-refractivity contribution in [3.8, 4) is 11.4 Å². The van der Waals surface area contributed by atoms with E-state index in [9.17, 15) is 21.6 Å². The summed E-state index contributed by atoms with van der Waals surface area (Å²) in [6.07, 6.45) is 2.57. The number of hydrogen-bond donors (Lipinski definition) is 0. The van der Waals surface area contributed by atoms with E-state index in [2.05, 4.69) is 5.10 Å². The summed E-state index contributed by atoms with van der Waals surface area (Å²) in [6, 6.07) is 5.95. The molecule has 0 spiro atoms. The molecule has 0 bridgehead atoms. The van der Waals surface area contributed by atoms with Crippen LogP contribution in [0.5, 0.6) is 5.75 Å². The molecule has 0 saturated carbocycles. The largest absolute Gasteiger partial charge is 0.484 e. The van der Waals surface area contributed by atoms with Crippen molar-refractivity contribution in [3.05, 3.63) is 40.8 Å². The summed E-state index contributed by atoms with van der Waals surface area (Å²) in [7, 11) is -6.85. The molecule has 0 radical (unpaired) electrons. The lowest BCUT2D eigenvalue weighted by Gasteiger charge is -2.36. The minimum atomic E-state index is -3.48. The van der Waals surface area contributed by atoms with Crippen LogP contribution in [0.3, 0.4) is 0 Å². The molecule has 11 nitrogen and oxygen atoms in total. The SMILES string of the molecule is CCOCCOc1c(N2CCN(S(=O)(=O)C(C)C)CC2)cnn(-c2cccc(S(C)(=O)=O)c2)c1=O. The van der Waals surface area contributed by atoms with Crippen LogP contribution in [0.15, 0.2) is 40.2 Å². The number of benzene rings is 1. The van der Waals surface area contributed by atoms with Crippen LogP contribution in [0, 0.1) is 0 Å². The molecule has 1 aromatic carbocycles. The van der Waals surface area contributed by atoms with E-state index in [0.29, 0.717) is 25.4 Å². The van der Waals surface area contributed by atoms with Gasteiger partial charge < -0.3 is 14.4 Å². The zero-order chi connectivity index (χ0) is 25.8. The number of sulfonamides is 1. The lowest BCUT2D eigenvalue weighted by Crippen LogP contribution is -2.50. The maximum absolute atomic E-state index is 13.4. The van der Waals surface area contributed by atoms with E-state index in [1.165, 1.54) is 28.7 Å². The van der Waals surface area contributed by atoms with E-state index in [1.807, 2.05) is 11.8 Å². The second-order valence-electron chi connectivity index (χ2n) is 8.37. The Hall–Kier alpha value is -2.48. The normalized spacial score (nSPS) is 15.5. The third-order valence-corrected chi connectivity index (χ3v) is 9.00. The van der Waals surface area contributed by atoms with Crippen LogP contribution in [0.1, 0.15) is 20.8 Å². The number of aromatic nitrogens is 2. The quantitative estimate of drug-likeness (QED) is 0.413.